The smallest absolute Gasteiger partial charge is 0.186 e. The van der Waals surface area contributed by atoms with Crippen molar-refractivity contribution in [1.29, 1.82) is 0 Å². The molecule has 0 aliphatic carbocycles. The third kappa shape index (κ3) is 4.04. The maximum Gasteiger partial charge on any atom is 0.186 e. The highest BCUT2D eigenvalue weighted by Gasteiger charge is 1.72. The molecule has 1 nitrogen and oxygen atoms in total. The summed E-state index contributed by atoms with van der Waals surface area (Å²) < 4.78 is 9.84. The van der Waals surface area contributed by atoms with Crippen molar-refractivity contribution in [2.75, 3.05) is 0 Å². The van der Waals surface area contributed by atoms with Gasteiger partial charge in [-0.2, -0.15) is 0 Å². The fourth-order valence-corrected chi connectivity index (χ4v) is 0.472. The summed E-state index contributed by atoms with van der Waals surface area (Å²) in [5.41, 5.74) is 2.29. The van der Waals surface area contributed by atoms with Crippen LogP contribution in [0.2, 0.25) is 0 Å². The molecule has 0 rings (SSSR count). The topological polar surface area (TPSA) is 17.1 Å². The average Bonchev–Trinajstić information content (AvgIpc) is 1.35. The van der Waals surface area contributed by atoms with Gasteiger partial charge in [-0.1, -0.05) is 17.8 Å². The van der Waals surface area contributed by atoms with Crippen LogP contribution in [0.3, 0.4) is 0 Å². The summed E-state index contributed by atoms with van der Waals surface area (Å²) in [5.74, 6) is 1.24. The van der Waals surface area contributed by atoms with Gasteiger partial charge in [-0.15, -0.1) is 5.73 Å². The SMILES string of the molecule is C=C=C[PH](=O)Cl. The summed E-state index contributed by atoms with van der Waals surface area (Å²) in [6.07, 6.45) is 0. The molecular formula is C3H4ClOP. The molecule has 0 N–H and O–H groups in total. The van der Waals surface area contributed by atoms with Crippen LogP contribution in [0.1, 0.15) is 0 Å². The summed E-state index contributed by atoms with van der Waals surface area (Å²) >= 11 is 4.97. The van der Waals surface area contributed by atoms with E-state index in [9.17, 15) is 4.57 Å². The van der Waals surface area contributed by atoms with E-state index in [0.29, 0.717) is 0 Å². The Hall–Kier alpha value is 0.0400. The van der Waals surface area contributed by atoms with Gasteiger partial charge < -0.3 is 4.57 Å². The molecule has 0 radical (unpaired) electrons. The minimum absolute atomic E-state index is 1.24. The van der Waals surface area contributed by atoms with Gasteiger partial charge in [-0.3, -0.25) is 0 Å². The van der Waals surface area contributed by atoms with Gasteiger partial charge >= 0.3 is 0 Å². The highest BCUT2D eigenvalue weighted by molar-refractivity contribution is 7.76. The van der Waals surface area contributed by atoms with E-state index >= 15 is 0 Å². The molecule has 34 valence electrons. The second kappa shape index (κ2) is 3.24. The van der Waals surface area contributed by atoms with Crippen LogP contribution in [0.15, 0.2) is 18.1 Å². The van der Waals surface area contributed by atoms with Gasteiger partial charge in [0, 0.05) is 5.82 Å². The van der Waals surface area contributed by atoms with Crippen molar-refractivity contribution >= 4 is 18.4 Å². The lowest BCUT2D eigenvalue weighted by Crippen LogP contribution is -1.23. The van der Waals surface area contributed by atoms with Gasteiger partial charge in [0.2, 0.25) is 0 Å². The van der Waals surface area contributed by atoms with E-state index in [2.05, 4.69) is 12.3 Å². The van der Waals surface area contributed by atoms with Crippen molar-refractivity contribution in [3.05, 3.63) is 18.1 Å². The second-order valence-corrected chi connectivity index (χ2v) is 2.67. The summed E-state index contributed by atoms with van der Waals surface area (Å²) in [7, 11) is -1.96. The fourth-order valence-electron chi connectivity index (χ4n) is 0.0802. The van der Waals surface area contributed by atoms with Crippen LogP contribution >= 0.6 is 18.4 Å². The molecule has 0 saturated carbocycles. The van der Waals surface area contributed by atoms with Crippen molar-refractivity contribution in [2.24, 2.45) is 0 Å². The third-order valence-electron chi connectivity index (χ3n) is 0.216. The molecular weight excluding hydrogens is 118 g/mol. The van der Waals surface area contributed by atoms with E-state index in [4.69, 9.17) is 11.2 Å². The molecule has 0 fully saturated rings. The Morgan fingerprint density at radius 1 is 2.00 bits per heavy atom. The van der Waals surface area contributed by atoms with Crippen molar-refractivity contribution in [2.45, 2.75) is 0 Å². The normalized spacial score (nSPS) is 12.2. The molecule has 0 bridgehead atoms. The quantitative estimate of drug-likeness (QED) is 0.384. The molecule has 0 aliphatic rings. The lowest BCUT2D eigenvalue weighted by Gasteiger charge is -1.63. The first-order valence-electron chi connectivity index (χ1n) is 1.32. The van der Waals surface area contributed by atoms with Crippen LogP contribution in [-0.2, 0) is 4.57 Å². The van der Waals surface area contributed by atoms with E-state index in [0.717, 1.165) is 0 Å². The zero-order valence-corrected chi connectivity index (χ0v) is 4.83. The van der Waals surface area contributed by atoms with Crippen LogP contribution in [0.5, 0.6) is 0 Å². The highest BCUT2D eigenvalue weighted by Crippen LogP contribution is 2.26. The zero-order chi connectivity index (χ0) is 4.99. The molecule has 0 amide bonds. The number of rotatable bonds is 1. The number of hydrogen-bond donors (Lipinski definition) is 0. The minimum atomic E-state index is -1.96. The molecule has 1 atom stereocenters. The second-order valence-electron chi connectivity index (χ2n) is 0.653. The van der Waals surface area contributed by atoms with E-state index in [1.807, 2.05) is 0 Å². The summed E-state index contributed by atoms with van der Waals surface area (Å²) in [5, 5.41) is 0. The Kier molecular flexibility index (Phi) is 3.26. The van der Waals surface area contributed by atoms with Crippen molar-refractivity contribution in [3.63, 3.8) is 0 Å². The molecule has 0 aromatic rings. The number of hydrogen-bond acceptors (Lipinski definition) is 1. The lowest BCUT2D eigenvalue weighted by molar-refractivity contribution is 0.600. The first-order valence-corrected chi connectivity index (χ1v) is 3.82. The van der Waals surface area contributed by atoms with Gasteiger partial charge in [-0.25, -0.2) is 0 Å². The Morgan fingerprint density at radius 2 is 2.50 bits per heavy atom. The lowest BCUT2D eigenvalue weighted by atomic mass is 11.0. The van der Waals surface area contributed by atoms with Crippen LogP contribution in [0.25, 0.3) is 0 Å². The van der Waals surface area contributed by atoms with Gasteiger partial charge in [-0.05, 0) is 0 Å². The maximum atomic E-state index is 9.84. The Morgan fingerprint density at radius 3 is 2.50 bits per heavy atom. The van der Waals surface area contributed by atoms with Crippen LogP contribution in [-0.4, -0.2) is 0 Å². The van der Waals surface area contributed by atoms with Crippen LogP contribution in [0, 0.1) is 0 Å². The fraction of sp³-hybridized carbons (Fsp3) is 0. The zero-order valence-electron chi connectivity index (χ0n) is 3.07. The highest BCUT2D eigenvalue weighted by atomic mass is 35.7. The van der Waals surface area contributed by atoms with Gasteiger partial charge in [0.1, 0.15) is 0 Å². The molecule has 6 heavy (non-hydrogen) atoms. The molecule has 0 heterocycles. The monoisotopic (exact) mass is 122 g/mol. The first kappa shape index (κ1) is 6.04. The standard InChI is InChI=1S/C3H4ClOP/c1-2-3-6(4)5/h3,6H,1H2. The Labute approximate surface area is 41.9 Å². The first-order chi connectivity index (χ1) is 2.77. The van der Waals surface area contributed by atoms with Crippen LogP contribution in [0.4, 0.5) is 0 Å². The predicted molar refractivity (Wildman–Crippen MR) is 28.6 cm³/mol. The molecule has 0 aromatic carbocycles. The van der Waals surface area contributed by atoms with Gasteiger partial charge in [0.15, 0.2) is 7.15 Å². The molecule has 0 saturated heterocycles. The summed E-state index contributed by atoms with van der Waals surface area (Å²) in [4.78, 5) is 0. The number of halogens is 1. The van der Waals surface area contributed by atoms with E-state index in [-0.39, 0.29) is 0 Å². The van der Waals surface area contributed by atoms with Crippen molar-refractivity contribution in [3.8, 4) is 0 Å². The largest absolute Gasteiger partial charge is 0.305 e. The molecule has 3 heteroatoms. The average molecular weight is 122 g/mol. The van der Waals surface area contributed by atoms with Gasteiger partial charge in [0.05, 0.1) is 0 Å². The van der Waals surface area contributed by atoms with Crippen LogP contribution < -0.4 is 0 Å². The third-order valence-corrected chi connectivity index (χ3v) is 0.974. The summed E-state index contributed by atoms with van der Waals surface area (Å²) in [6.45, 7) is 3.16. The van der Waals surface area contributed by atoms with Crippen molar-refractivity contribution < 1.29 is 4.57 Å². The maximum absolute atomic E-state index is 9.84. The minimum Gasteiger partial charge on any atom is -0.305 e. The van der Waals surface area contributed by atoms with E-state index < -0.39 is 7.15 Å². The molecule has 1 unspecified atom stereocenters. The van der Waals surface area contributed by atoms with Crippen molar-refractivity contribution in [1.82, 2.24) is 0 Å². The molecule has 0 aliphatic heterocycles. The van der Waals surface area contributed by atoms with Gasteiger partial charge in [0.25, 0.3) is 0 Å². The Bertz CT molecular complexity index is 103. The summed E-state index contributed by atoms with van der Waals surface area (Å²) in [6, 6.07) is 0. The van der Waals surface area contributed by atoms with E-state index in [1.54, 1.807) is 0 Å². The Balaban J connectivity index is 3.60. The molecule has 0 spiro atoms. The predicted octanol–water partition coefficient (Wildman–Crippen LogP) is 2.00. The van der Waals surface area contributed by atoms with E-state index in [1.165, 1.54) is 5.82 Å². The molecule has 0 aromatic heterocycles.